The highest BCUT2D eigenvalue weighted by atomic mass is 15.1. The fourth-order valence-electron chi connectivity index (χ4n) is 1.91. The minimum absolute atomic E-state index is 0.414. The lowest BCUT2D eigenvalue weighted by Gasteiger charge is -2.28. The van der Waals surface area contributed by atoms with Crippen LogP contribution < -0.4 is 10.6 Å². The molecule has 1 aromatic heterocycles. The molecule has 4 heteroatoms. The first kappa shape index (κ1) is 10.9. The van der Waals surface area contributed by atoms with Gasteiger partial charge in [-0.1, -0.05) is 0 Å². The van der Waals surface area contributed by atoms with Crippen molar-refractivity contribution >= 4 is 5.82 Å². The summed E-state index contributed by atoms with van der Waals surface area (Å²) in [5.41, 5.74) is 0.648. The molecule has 2 N–H and O–H groups in total. The third-order valence-corrected chi connectivity index (χ3v) is 2.90. The first-order valence-corrected chi connectivity index (χ1v) is 5.64. The Hall–Kier alpha value is -1.60. The zero-order valence-electron chi connectivity index (χ0n) is 9.40. The lowest BCUT2D eigenvalue weighted by atomic mass is 10.0. The van der Waals surface area contributed by atoms with Crippen molar-refractivity contribution in [2.45, 2.75) is 31.8 Å². The number of piperidine rings is 1. The molecule has 1 saturated heterocycles. The van der Waals surface area contributed by atoms with E-state index in [4.69, 9.17) is 5.26 Å². The second-order valence-electron chi connectivity index (χ2n) is 4.27. The summed E-state index contributed by atoms with van der Waals surface area (Å²) in [6.07, 6.45) is 3.99. The average Bonchev–Trinajstić information content (AvgIpc) is 2.32. The summed E-state index contributed by atoms with van der Waals surface area (Å²) in [7, 11) is 0. The quantitative estimate of drug-likeness (QED) is 0.786. The lowest BCUT2D eigenvalue weighted by Crippen LogP contribution is -2.43. The van der Waals surface area contributed by atoms with Gasteiger partial charge in [-0.05, 0) is 31.9 Å². The van der Waals surface area contributed by atoms with Crippen molar-refractivity contribution < 1.29 is 0 Å². The predicted molar refractivity (Wildman–Crippen MR) is 63.1 cm³/mol. The molecule has 84 valence electrons. The molecule has 0 aliphatic carbocycles. The normalized spacial score (nSPS) is 24.8. The van der Waals surface area contributed by atoms with Gasteiger partial charge in [0.2, 0.25) is 0 Å². The van der Waals surface area contributed by atoms with E-state index in [9.17, 15) is 0 Å². The molecule has 2 atom stereocenters. The SMILES string of the molecule is C[C@@H]1CC[C@@H](Nc2cc(C#N)ccn2)CN1. The molecule has 0 amide bonds. The maximum absolute atomic E-state index is 8.78. The van der Waals surface area contributed by atoms with Crippen molar-refractivity contribution in [3.8, 4) is 6.07 Å². The van der Waals surface area contributed by atoms with E-state index in [1.54, 1.807) is 18.3 Å². The molecule has 4 nitrogen and oxygen atoms in total. The molecule has 0 aromatic carbocycles. The smallest absolute Gasteiger partial charge is 0.127 e. The van der Waals surface area contributed by atoms with E-state index in [0.29, 0.717) is 17.6 Å². The number of hydrogen-bond acceptors (Lipinski definition) is 4. The Morgan fingerprint density at radius 3 is 3.12 bits per heavy atom. The Kier molecular flexibility index (Phi) is 3.37. The number of anilines is 1. The highest BCUT2D eigenvalue weighted by molar-refractivity contribution is 5.43. The minimum atomic E-state index is 0.414. The molecule has 0 bridgehead atoms. The molecule has 1 aliphatic heterocycles. The standard InChI is InChI=1S/C12H16N4/c1-9-2-3-11(8-15-9)16-12-6-10(7-13)4-5-14-12/h4-6,9,11,15H,2-3,8H2,1H3,(H,14,16)/t9-,11-/m1/s1. The van der Waals surface area contributed by atoms with Crippen LogP contribution in [0.2, 0.25) is 0 Å². The van der Waals surface area contributed by atoms with E-state index in [1.807, 2.05) is 0 Å². The predicted octanol–water partition coefficient (Wildman–Crippen LogP) is 1.51. The highest BCUT2D eigenvalue weighted by Crippen LogP contribution is 2.13. The second kappa shape index (κ2) is 4.95. The molecule has 0 unspecified atom stereocenters. The van der Waals surface area contributed by atoms with Gasteiger partial charge in [-0.15, -0.1) is 0 Å². The van der Waals surface area contributed by atoms with Crippen LogP contribution in [0, 0.1) is 11.3 Å². The molecule has 0 spiro atoms. The van der Waals surface area contributed by atoms with Crippen molar-refractivity contribution in [3.05, 3.63) is 23.9 Å². The van der Waals surface area contributed by atoms with Crippen molar-refractivity contribution in [2.24, 2.45) is 0 Å². The van der Waals surface area contributed by atoms with Gasteiger partial charge in [-0.2, -0.15) is 5.26 Å². The number of rotatable bonds is 2. The summed E-state index contributed by atoms with van der Waals surface area (Å²) in [6.45, 7) is 3.16. The summed E-state index contributed by atoms with van der Waals surface area (Å²) in [6, 6.07) is 6.64. The molecule has 2 heterocycles. The Morgan fingerprint density at radius 1 is 1.56 bits per heavy atom. The molecule has 1 fully saturated rings. The summed E-state index contributed by atoms with van der Waals surface area (Å²) in [5, 5.41) is 15.6. The van der Waals surface area contributed by atoms with Crippen LogP contribution in [0.4, 0.5) is 5.82 Å². The summed E-state index contributed by atoms with van der Waals surface area (Å²) in [5.74, 6) is 0.792. The largest absolute Gasteiger partial charge is 0.366 e. The van der Waals surface area contributed by atoms with Crippen LogP contribution in [0.1, 0.15) is 25.3 Å². The van der Waals surface area contributed by atoms with Crippen molar-refractivity contribution in [3.63, 3.8) is 0 Å². The number of hydrogen-bond donors (Lipinski definition) is 2. The monoisotopic (exact) mass is 216 g/mol. The number of nitrogens with one attached hydrogen (secondary N) is 2. The molecule has 0 radical (unpaired) electrons. The van der Waals surface area contributed by atoms with E-state index in [1.165, 1.54) is 6.42 Å². The second-order valence-corrected chi connectivity index (χ2v) is 4.27. The van der Waals surface area contributed by atoms with Gasteiger partial charge in [-0.3, -0.25) is 0 Å². The summed E-state index contributed by atoms with van der Waals surface area (Å²) >= 11 is 0. The molecule has 2 rings (SSSR count). The summed E-state index contributed by atoms with van der Waals surface area (Å²) < 4.78 is 0. The Bertz CT molecular complexity index is 388. The third kappa shape index (κ3) is 2.71. The van der Waals surface area contributed by atoms with E-state index >= 15 is 0 Å². The molecule has 16 heavy (non-hydrogen) atoms. The molecular formula is C12H16N4. The van der Waals surface area contributed by atoms with Crippen LogP contribution >= 0.6 is 0 Å². The van der Waals surface area contributed by atoms with Gasteiger partial charge in [0, 0.05) is 24.8 Å². The van der Waals surface area contributed by atoms with Crippen LogP contribution in [0.3, 0.4) is 0 Å². The van der Waals surface area contributed by atoms with Crippen molar-refractivity contribution in [1.82, 2.24) is 10.3 Å². The van der Waals surface area contributed by atoms with Crippen LogP contribution in [0.15, 0.2) is 18.3 Å². The molecule has 1 aliphatic rings. The highest BCUT2D eigenvalue weighted by Gasteiger charge is 2.17. The van der Waals surface area contributed by atoms with Crippen molar-refractivity contribution in [2.75, 3.05) is 11.9 Å². The van der Waals surface area contributed by atoms with Crippen LogP contribution in [-0.2, 0) is 0 Å². The van der Waals surface area contributed by atoms with Crippen LogP contribution in [0.25, 0.3) is 0 Å². The van der Waals surface area contributed by atoms with Gasteiger partial charge in [0.25, 0.3) is 0 Å². The topological polar surface area (TPSA) is 60.7 Å². The number of nitrogens with zero attached hydrogens (tertiary/aromatic N) is 2. The van der Waals surface area contributed by atoms with E-state index in [0.717, 1.165) is 18.8 Å². The number of pyridine rings is 1. The Labute approximate surface area is 95.7 Å². The molecule has 0 saturated carbocycles. The maximum atomic E-state index is 8.78. The zero-order valence-corrected chi connectivity index (χ0v) is 9.40. The Balaban J connectivity index is 1.96. The average molecular weight is 216 g/mol. The third-order valence-electron chi connectivity index (χ3n) is 2.90. The van der Waals surface area contributed by atoms with Gasteiger partial charge in [0.05, 0.1) is 11.6 Å². The fourth-order valence-corrected chi connectivity index (χ4v) is 1.91. The fraction of sp³-hybridized carbons (Fsp3) is 0.500. The first-order valence-electron chi connectivity index (χ1n) is 5.64. The van der Waals surface area contributed by atoms with Crippen LogP contribution in [0.5, 0.6) is 0 Å². The van der Waals surface area contributed by atoms with Gasteiger partial charge in [-0.25, -0.2) is 4.98 Å². The Morgan fingerprint density at radius 2 is 2.44 bits per heavy atom. The number of aromatic nitrogens is 1. The van der Waals surface area contributed by atoms with Crippen LogP contribution in [-0.4, -0.2) is 23.6 Å². The molecule has 1 aromatic rings. The van der Waals surface area contributed by atoms with E-state index < -0.39 is 0 Å². The van der Waals surface area contributed by atoms with Gasteiger partial charge >= 0.3 is 0 Å². The van der Waals surface area contributed by atoms with Gasteiger partial charge < -0.3 is 10.6 Å². The van der Waals surface area contributed by atoms with Gasteiger partial charge in [0.1, 0.15) is 5.82 Å². The van der Waals surface area contributed by atoms with E-state index in [-0.39, 0.29) is 0 Å². The van der Waals surface area contributed by atoms with E-state index in [2.05, 4.69) is 28.6 Å². The van der Waals surface area contributed by atoms with Crippen molar-refractivity contribution in [1.29, 1.82) is 5.26 Å². The lowest BCUT2D eigenvalue weighted by molar-refractivity contribution is 0.398. The first-order chi connectivity index (χ1) is 7.78. The minimum Gasteiger partial charge on any atom is -0.366 e. The number of nitriles is 1. The zero-order chi connectivity index (χ0) is 11.4. The molecular weight excluding hydrogens is 200 g/mol. The van der Waals surface area contributed by atoms with Gasteiger partial charge in [0.15, 0.2) is 0 Å². The maximum Gasteiger partial charge on any atom is 0.127 e. The summed E-state index contributed by atoms with van der Waals surface area (Å²) in [4.78, 5) is 4.21.